The molecule has 0 bridgehead atoms. The van der Waals surface area contributed by atoms with Crippen LogP contribution in [0.2, 0.25) is 5.02 Å². The SMILES string of the molecule is CSc1nc(=S)[nH]c(N)c1Cl. The van der Waals surface area contributed by atoms with Crippen molar-refractivity contribution >= 4 is 41.4 Å². The van der Waals surface area contributed by atoms with E-state index >= 15 is 0 Å². The Labute approximate surface area is 78.4 Å². The van der Waals surface area contributed by atoms with E-state index in [9.17, 15) is 0 Å². The molecule has 1 aromatic rings. The molecule has 0 unspecified atom stereocenters. The number of rotatable bonds is 1. The van der Waals surface area contributed by atoms with E-state index < -0.39 is 0 Å². The van der Waals surface area contributed by atoms with Gasteiger partial charge in [-0.2, -0.15) is 0 Å². The smallest absolute Gasteiger partial charge is 0.199 e. The number of nitrogens with one attached hydrogen (secondary N) is 1. The number of nitrogen functional groups attached to an aromatic ring is 1. The van der Waals surface area contributed by atoms with Crippen LogP contribution in [0, 0.1) is 4.77 Å². The van der Waals surface area contributed by atoms with Gasteiger partial charge in [0.1, 0.15) is 15.9 Å². The van der Waals surface area contributed by atoms with Crippen LogP contribution < -0.4 is 5.73 Å². The molecule has 0 atom stereocenters. The molecule has 0 radical (unpaired) electrons. The normalized spacial score (nSPS) is 10.0. The number of thioether (sulfide) groups is 1. The summed E-state index contributed by atoms with van der Waals surface area (Å²) in [6.07, 6.45) is 1.86. The summed E-state index contributed by atoms with van der Waals surface area (Å²) < 4.78 is 0.358. The predicted molar refractivity (Wildman–Crippen MR) is 50.6 cm³/mol. The molecule has 1 aromatic heterocycles. The Morgan fingerprint density at radius 1 is 1.73 bits per heavy atom. The molecule has 0 amide bonds. The number of aromatic amines is 1. The van der Waals surface area contributed by atoms with Gasteiger partial charge in [-0.1, -0.05) is 11.6 Å². The highest BCUT2D eigenvalue weighted by atomic mass is 35.5. The van der Waals surface area contributed by atoms with Crippen molar-refractivity contribution < 1.29 is 0 Å². The first-order valence-electron chi connectivity index (χ1n) is 2.74. The molecular formula is C5H6ClN3S2. The van der Waals surface area contributed by atoms with Gasteiger partial charge in [0.05, 0.1) is 0 Å². The summed E-state index contributed by atoms with van der Waals surface area (Å²) >= 11 is 12.0. The molecular weight excluding hydrogens is 202 g/mol. The zero-order valence-electron chi connectivity index (χ0n) is 5.72. The standard InChI is InChI=1S/C5H6ClN3S2/c1-11-4-2(6)3(7)8-5(10)9-4/h1H3,(H3,7,8,9,10). The maximum Gasteiger partial charge on any atom is 0.199 e. The Kier molecular flexibility index (Phi) is 2.75. The van der Waals surface area contributed by atoms with Crippen molar-refractivity contribution in [2.45, 2.75) is 5.03 Å². The third-order valence-corrected chi connectivity index (χ3v) is 2.43. The summed E-state index contributed by atoms with van der Waals surface area (Å²) in [4.78, 5) is 6.61. The van der Waals surface area contributed by atoms with E-state index in [1.54, 1.807) is 0 Å². The molecule has 1 heterocycles. The summed E-state index contributed by atoms with van der Waals surface area (Å²) in [6.45, 7) is 0. The second kappa shape index (κ2) is 3.42. The number of aromatic nitrogens is 2. The first-order valence-corrected chi connectivity index (χ1v) is 4.75. The van der Waals surface area contributed by atoms with Gasteiger partial charge in [-0.25, -0.2) is 4.98 Å². The Morgan fingerprint density at radius 3 is 2.91 bits per heavy atom. The molecule has 0 aliphatic carbocycles. The number of halogens is 1. The van der Waals surface area contributed by atoms with Crippen molar-refractivity contribution in [1.82, 2.24) is 9.97 Å². The molecule has 0 aromatic carbocycles. The van der Waals surface area contributed by atoms with E-state index in [1.807, 2.05) is 6.26 Å². The lowest BCUT2D eigenvalue weighted by molar-refractivity contribution is 1.03. The molecule has 6 heteroatoms. The minimum Gasteiger partial charge on any atom is -0.384 e. The lowest BCUT2D eigenvalue weighted by Gasteiger charge is -2.01. The van der Waals surface area contributed by atoms with E-state index in [0.717, 1.165) is 0 Å². The Bertz CT molecular complexity index is 322. The molecule has 0 saturated heterocycles. The summed E-state index contributed by atoms with van der Waals surface area (Å²) in [5.41, 5.74) is 5.49. The van der Waals surface area contributed by atoms with Crippen molar-refractivity contribution in [1.29, 1.82) is 0 Å². The third kappa shape index (κ3) is 1.85. The number of H-pyrrole nitrogens is 1. The first-order chi connectivity index (χ1) is 5.15. The van der Waals surface area contributed by atoms with Gasteiger partial charge in [0.15, 0.2) is 4.77 Å². The maximum atomic E-state index is 5.78. The van der Waals surface area contributed by atoms with Crippen molar-refractivity contribution in [2.75, 3.05) is 12.0 Å². The average Bonchev–Trinajstić information content (AvgIpc) is 1.96. The summed E-state index contributed by atoms with van der Waals surface area (Å²) in [6, 6.07) is 0. The molecule has 3 N–H and O–H groups in total. The average molecular weight is 208 g/mol. The van der Waals surface area contributed by atoms with E-state index in [-0.39, 0.29) is 0 Å². The van der Waals surface area contributed by atoms with Crippen molar-refractivity contribution in [3.05, 3.63) is 9.79 Å². The quantitative estimate of drug-likeness (QED) is 0.421. The van der Waals surface area contributed by atoms with Gasteiger partial charge >= 0.3 is 0 Å². The fourth-order valence-corrected chi connectivity index (χ4v) is 1.64. The zero-order chi connectivity index (χ0) is 8.43. The maximum absolute atomic E-state index is 5.78. The highest BCUT2D eigenvalue weighted by Gasteiger charge is 2.03. The lowest BCUT2D eigenvalue weighted by Crippen LogP contribution is -1.95. The minimum atomic E-state index is 0.358. The molecule has 0 saturated carbocycles. The molecule has 0 aliphatic heterocycles. The molecule has 11 heavy (non-hydrogen) atoms. The van der Waals surface area contributed by atoms with Crippen LogP contribution in [-0.4, -0.2) is 16.2 Å². The number of hydrogen-bond donors (Lipinski definition) is 2. The van der Waals surface area contributed by atoms with Crippen LogP contribution in [0.5, 0.6) is 0 Å². The highest BCUT2D eigenvalue weighted by Crippen LogP contribution is 2.25. The van der Waals surface area contributed by atoms with E-state index in [0.29, 0.717) is 20.6 Å². The number of anilines is 1. The van der Waals surface area contributed by atoms with E-state index in [1.165, 1.54) is 11.8 Å². The summed E-state index contributed by atoms with van der Waals surface area (Å²) in [7, 11) is 0. The number of nitrogens with zero attached hydrogens (tertiary/aromatic N) is 1. The monoisotopic (exact) mass is 207 g/mol. The summed E-state index contributed by atoms with van der Waals surface area (Å²) in [5, 5.41) is 1.10. The minimum absolute atomic E-state index is 0.358. The van der Waals surface area contributed by atoms with Crippen LogP contribution in [0.1, 0.15) is 0 Å². The largest absolute Gasteiger partial charge is 0.384 e. The van der Waals surface area contributed by atoms with Gasteiger partial charge in [0, 0.05) is 0 Å². The van der Waals surface area contributed by atoms with Crippen LogP contribution in [0.4, 0.5) is 5.82 Å². The van der Waals surface area contributed by atoms with Crippen molar-refractivity contribution in [2.24, 2.45) is 0 Å². The third-order valence-electron chi connectivity index (χ3n) is 1.06. The van der Waals surface area contributed by atoms with Crippen molar-refractivity contribution in [3.8, 4) is 0 Å². The predicted octanol–water partition coefficient (Wildman–Crippen LogP) is 2.10. The van der Waals surface area contributed by atoms with E-state index in [2.05, 4.69) is 9.97 Å². The van der Waals surface area contributed by atoms with Crippen LogP contribution in [0.3, 0.4) is 0 Å². The van der Waals surface area contributed by atoms with Crippen LogP contribution in [0.15, 0.2) is 5.03 Å². The first kappa shape index (κ1) is 8.83. The topological polar surface area (TPSA) is 54.7 Å². The number of hydrogen-bond acceptors (Lipinski definition) is 4. The number of nitrogens with two attached hydrogens (primary N) is 1. The van der Waals surface area contributed by atoms with Crippen LogP contribution in [0.25, 0.3) is 0 Å². The Morgan fingerprint density at radius 2 is 2.36 bits per heavy atom. The van der Waals surface area contributed by atoms with Gasteiger partial charge in [-0.05, 0) is 18.5 Å². The molecule has 0 aliphatic rings. The van der Waals surface area contributed by atoms with Crippen LogP contribution >= 0.6 is 35.6 Å². The van der Waals surface area contributed by atoms with Gasteiger partial charge in [0.2, 0.25) is 0 Å². The molecule has 1 rings (SSSR count). The van der Waals surface area contributed by atoms with Gasteiger partial charge in [-0.3, -0.25) is 0 Å². The molecule has 0 spiro atoms. The van der Waals surface area contributed by atoms with Gasteiger partial charge in [-0.15, -0.1) is 11.8 Å². The summed E-state index contributed by atoms with van der Waals surface area (Å²) in [5.74, 6) is 0.371. The van der Waals surface area contributed by atoms with E-state index in [4.69, 9.17) is 29.6 Å². The fraction of sp³-hybridized carbons (Fsp3) is 0.200. The second-order valence-electron chi connectivity index (χ2n) is 1.78. The van der Waals surface area contributed by atoms with Gasteiger partial charge in [0.25, 0.3) is 0 Å². The van der Waals surface area contributed by atoms with Crippen LogP contribution in [-0.2, 0) is 0 Å². The molecule has 3 nitrogen and oxygen atoms in total. The zero-order valence-corrected chi connectivity index (χ0v) is 8.11. The lowest BCUT2D eigenvalue weighted by atomic mass is 10.6. The Balaban J connectivity index is 3.36. The second-order valence-corrected chi connectivity index (χ2v) is 3.34. The molecule has 60 valence electrons. The van der Waals surface area contributed by atoms with Crippen molar-refractivity contribution in [3.63, 3.8) is 0 Å². The van der Waals surface area contributed by atoms with Gasteiger partial charge < -0.3 is 10.7 Å². The Hall–Kier alpha value is -0.260. The molecule has 0 fully saturated rings. The fourth-order valence-electron chi connectivity index (χ4n) is 0.590. The highest BCUT2D eigenvalue weighted by molar-refractivity contribution is 7.98.